The number of piperidine rings is 1. The van der Waals surface area contributed by atoms with E-state index in [1.807, 2.05) is 59.5 Å². The highest BCUT2D eigenvalue weighted by molar-refractivity contribution is 5.92. The molecule has 4 rings (SSSR count). The van der Waals surface area contributed by atoms with Crippen LogP contribution in [0.1, 0.15) is 30.2 Å². The van der Waals surface area contributed by atoms with Gasteiger partial charge < -0.3 is 14.1 Å². The summed E-state index contributed by atoms with van der Waals surface area (Å²) in [5, 5.41) is 0. The molecule has 0 spiro atoms. The topological polar surface area (TPSA) is 55.6 Å². The molecule has 1 aliphatic heterocycles. The second-order valence-electron chi connectivity index (χ2n) is 6.69. The zero-order valence-electron chi connectivity index (χ0n) is 15.3. The van der Waals surface area contributed by atoms with Crippen molar-refractivity contribution >= 4 is 23.1 Å². The van der Waals surface area contributed by atoms with E-state index in [1.54, 1.807) is 13.2 Å². The lowest BCUT2D eigenvalue weighted by atomic mass is 9.96. The minimum absolute atomic E-state index is 0.0249. The van der Waals surface area contributed by atoms with Gasteiger partial charge in [0.15, 0.2) is 11.5 Å². The highest BCUT2D eigenvalue weighted by atomic mass is 16.5. The predicted octanol–water partition coefficient (Wildman–Crippen LogP) is 4.26. The molecule has 3 aromatic rings. The van der Waals surface area contributed by atoms with E-state index in [0.717, 1.165) is 41.1 Å². The van der Waals surface area contributed by atoms with Gasteiger partial charge in [-0.05, 0) is 37.1 Å². The van der Waals surface area contributed by atoms with Gasteiger partial charge in [-0.15, -0.1) is 0 Å². The molecule has 138 valence electrons. The van der Waals surface area contributed by atoms with E-state index in [0.29, 0.717) is 13.1 Å². The summed E-state index contributed by atoms with van der Waals surface area (Å²) in [5.41, 5.74) is 2.62. The van der Waals surface area contributed by atoms with Gasteiger partial charge in [0, 0.05) is 30.6 Å². The van der Waals surface area contributed by atoms with Gasteiger partial charge in [0.2, 0.25) is 5.91 Å². The van der Waals surface area contributed by atoms with Crippen LogP contribution in [0.15, 0.2) is 59.0 Å². The van der Waals surface area contributed by atoms with Crippen molar-refractivity contribution in [3.8, 4) is 5.75 Å². The molecular weight excluding hydrogens is 340 g/mol. The summed E-state index contributed by atoms with van der Waals surface area (Å²) in [6.07, 6.45) is 5.16. The number of carbonyl (C=O) groups is 1. The number of hydrogen-bond acceptors (Lipinski definition) is 4. The lowest BCUT2D eigenvalue weighted by molar-refractivity contribution is -0.127. The van der Waals surface area contributed by atoms with Crippen LogP contribution in [0.3, 0.4) is 0 Å². The largest absolute Gasteiger partial charge is 0.496 e. The van der Waals surface area contributed by atoms with Crippen molar-refractivity contribution in [3.63, 3.8) is 0 Å². The number of ether oxygens (including phenoxy) is 1. The van der Waals surface area contributed by atoms with Crippen molar-refractivity contribution in [2.24, 2.45) is 0 Å². The van der Waals surface area contributed by atoms with E-state index in [2.05, 4.69) is 4.98 Å². The molecule has 2 aromatic carbocycles. The number of amides is 1. The number of fused-ring (bicyclic) bond motifs is 1. The fourth-order valence-electron chi connectivity index (χ4n) is 3.48. The molecule has 0 saturated carbocycles. The second-order valence-corrected chi connectivity index (χ2v) is 6.69. The van der Waals surface area contributed by atoms with Crippen LogP contribution in [0.2, 0.25) is 0 Å². The number of carbonyl (C=O) groups excluding carboxylic acids is 1. The van der Waals surface area contributed by atoms with Crippen molar-refractivity contribution < 1.29 is 13.9 Å². The normalized spacial score (nSPS) is 15.5. The molecule has 1 aromatic heterocycles. The number of aromatic nitrogens is 1. The van der Waals surface area contributed by atoms with E-state index in [4.69, 9.17) is 9.15 Å². The lowest BCUT2D eigenvalue weighted by Crippen LogP contribution is -2.36. The Morgan fingerprint density at radius 3 is 2.67 bits per heavy atom. The first-order chi connectivity index (χ1) is 13.2. The molecular formula is C22H22N2O3. The van der Waals surface area contributed by atoms with Gasteiger partial charge in [-0.3, -0.25) is 4.79 Å². The van der Waals surface area contributed by atoms with Gasteiger partial charge >= 0.3 is 0 Å². The van der Waals surface area contributed by atoms with Crippen LogP contribution in [0.5, 0.6) is 5.75 Å². The van der Waals surface area contributed by atoms with Crippen molar-refractivity contribution in [1.82, 2.24) is 9.88 Å². The van der Waals surface area contributed by atoms with E-state index in [-0.39, 0.29) is 11.8 Å². The Morgan fingerprint density at radius 2 is 1.89 bits per heavy atom. The van der Waals surface area contributed by atoms with E-state index >= 15 is 0 Å². The molecule has 5 nitrogen and oxygen atoms in total. The maximum atomic E-state index is 12.5. The molecule has 0 atom stereocenters. The van der Waals surface area contributed by atoms with Crippen LogP contribution < -0.4 is 4.74 Å². The van der Waals surface area contributed by atoms with Crippen LogP contribution in [0.25, 0.3) is 17.2 Å². The Balaban J connectivity index is 1.38. The molecule has 0 aliphatic carbocycles. The summed E-state index contributed by atoms with van der Waals surface area (Å²) in [6.45, 7) is 1.41. The van der Waals surface area contributed by atoms with Crippen LogP contribution in [-0.2, 0) is 4.79 Å². The zero-order chi connectivity index (χ0) is 18.6. The van der Waals surface area contributed by atoms with Gasteiger partial charge in [-0.1, -0.05) is 30.3 Å². The third-order valence-corrected chi connectivity index (χ3v) is 5.01. The molecule has 0 unspecified atom stereocenters. The van der Waals surface area contributed by atoms with Crippen LogP contribution in [-0.4, -0.2) is 36.0 Å². The second kappa shape index (κ2) is 7.66. The van der Waals surface area contributed by atoms with Gasteiger partial charge in [0.05, 0.1) is 7.11 Å². The molecule has 0 radical (unpaired) electrons. The first kappa shape index (κ1) is 17.3. The molecule has 5 heteroatoms. The Labute approximate surface area is 158 Å². The highest BCUT2D eigenvalue weighted by Gasteiger charge is 2.26. The standard InChI is InChI=1S/C22H22N2O3/c1-26-19-8-4-2-6-16(19)10-11-21(25)24-14-12-17(13-15-24)22-23-18-7-3-5-9-20(18)27-22/h2-11,17H,12-15H2,1H3/b11-10+. The fourth-order valence-corrected chi connectivity index (χ4v) is 3.48. The first-order valence-corrected chi connectivity index (χ1v) is 9.20. The number of hydrogen-bond donors (Lipinski definition) is 0. The minimum Gasteiger partial charge on any atom is -0.496 e. The number of para-hydroxylation sites is 3. The number of nitrogens with zero attached hydrogens (tertiary/aromatic N) is 2. The summed E-state index contributed by atoms with van der Waals surface area (Å²) >= 11 is 0. The van der Waals surface area contributed by atoms with Gasteiger partial charge in [0.25, 0.3) is 0 Å². The molecule has 27 heavy (non-hydrogen) atoms. The van der Waals surface area contributed by atoms with Crippen molar-refractivity contribution in [2.45, 2.75) is 18.8 Å². The van der Waals surface area contributed by atoms with Crippen LogP contribution in [0.4, 0.5) is 0 Å². The summed E-state index contributed by atoms with van der Waals surface area (Å²) < 4.78 is 11.2. The summed E-state index contributed by atoms with van der Waals surface area (Å²) in [5.74, 6) is 1.83. The third kappa shape index (κ3) is 3.72. The molecule has 1 fully saturated rings. The third-order valence-electron chi connectivity index (χ3n) is 5.01. The number of likely N-dealkylation sites (tertiary alicyclic amines) is 1. The Bertz CT molecular complexity index is 935. The zero-order valence-corrected chi connectivity index (χ0v) is 15.3. The highest BCUT2D eigenvalue weighted by Crippen LogP contribution is 2.30. The summed E-state index contributed by atoms with van der Waals surface area (Å²) in [6, 6.07) is 15.5. The van der Waals surface area contributed by atoms with Crippen LogP contribution >= 0.6 is 0 Å². The average Bonchev–Trinajstić information content (AvgIpc) is 3.16. The van der Waals surface area contributed by atoms with Crippen LogP contribution in [0, 0.1) is 0 Å². The maximum Gasteiger partial charge on any atom is 0.246 e. The first-order valence-electron chi connectivity index (χ1n) is 9.20. The Hall–Kier alpha value is -3.08. The van der Waals surface area contributed by atoms with Gasteiger partial charge in [0.1, 0.15) is 11.3 Å². The molecule has 0 bridgehead atoms. The molecule has 1 saturated heterocycles. The SMILES string of the molecule is COc1ccccc1/C=C/C(=O)N1CCC(c2nc3ccccc3o2)CC1. The fraction of sp³-hybridized carbons (Fsp3) is 0.273. The molecule has 1 amide bonds. The van der Waals surface area contributed by atoms with E-state index in [1.165, 1.54) is 0 Å². The minimum atomic E-state index is 0.0249. The molecule has 1 aliphatic rings. The van der Waals surface area contributed by atoms with E-state index < -0.39 is 0 Å². The predicted molar refractivity (Wildman–Crippen MR) is 105 cm³/mol. The van der Waals surface area contributed by atoms with Gasteiger partial charge in [-0.25, -0.2) is 4.98 Å². The maximum absolute atomic E-state index is 12.5. The quantitative estimate of drug-likeness (QED) is 0.651. The number of oxazole rings is 1. The average molecular weight is 362 g/mol. The Morgan fingerprint density at radius 1 is 1.15 bits per heavy atom. The molecule has 2 heterocycles. The van der Waals surface area contributed by atoms with Crippen molar-refractivity contribution in [2.75, 3.05) is 20.2 Å². The Kier molecular flexibility index (Phi) is 4.92. The lowest BCUT2D eigenvalue weighted by Gasteiger charge is -2.29. The smallest absolute Gasteiger partial charge is 0.246 e. The number of methoxy groups -OCH3 is 1. The van der Waals surface area contributed by atoms with Crippen molar-refractivity contribution in [1.29, 1.82) is 0 Å². The van der Waals surface area contributed by atoms with Gasteiger partial charge in [-0.2, -0.15) is 0 Å². The van der Waals surface area contributed by atoms with E-state index in [9.17, 15) is 4.79 Å². The summed E-state index contributed by atoms with van der Waals surface area (Å²) in [7, 11) is 1.63. The molecule has 0 N–H and O–H groups in total. The number of rotatable bonds is 4. The summed E-state index contributed by atoms with van der Waals surface area (Å²) in [4.78, 5) is 19.0. The van der Waals surface area contributed by atoms with Crippen molar-refractivity contribution in [3.05, 3.63) is 66.1 Å². The monoisotopic (exact) mass is 362 g/mol. The number of benzene rings is 2.